The number of allylic oxidation sites excluding steroid dienone is 5. The van der Waals surface area contributed by atoms with E-state index in [1.807, 2.05) is 0 Å². The number of rotatable bonds is 6. The summed E-state index contributed by atoms with van der Waals surface area (Å²) < 4.78 is 0. The van der Waals surface area contributed by atoms with Crippen LogP contribution in [0.5, 0.6) is 0 Å². The molecule has 0 radical (unpaired) electrons. The van der Waals surface area contributed by atoms with Crippen molar-refractivity contribution in [3.8, 4) is 0 Å². The van der Waals surface area contributed by atoms with Crippen LogP contribution in [0, 0.1) is 19.8 Å². The molecule has 0 N–H and O–H groups in total. The fourth-order valence-electron chi connectivity index (χ4n) is 4.60. The summed E-state index contributed by atoms with van der Waals surface area (Å²) in [6, 6.07) is 37.1. The quantitative estimate of drug-likeness (QED) is 0.255. The fourth-order valence-corrected chi connectivity index (χ4v) is 4.60. The van der Waals surface area contributed by atoms with E-state index in [0.29, 0.717) is 5.92 Å². The molecule has 0 aliphatic heterocycles. The van der Waals surface area contributed by atoms with Gasteiger partial charge in [-0.3, -0.25) is 0 Å². The Hall–Kier alpha value is -4.10. The topological polar surface area (TPSA) is 3.24 Å². The number of hydrogen-bond acceptors (Lipinski definition) is 1. The van der Waals surface area contributed by atoms with Crippen LogP contribution < -0.4 is 4.90 Å². The van der Waals surface area contributed by atoms with Crippen molar-refractivity contribution in [2.45, 2.75) is 27.2 Å². The maximum Gasteiger partial charge on any atom is 0.0462 e. The lowest BCUT2D eigenvalue weighted by molar-refractivity contribution is 0.734. The van der Waals surface area contributed by atoms with Gasteiger partial charge < -0.3 is 4.90 Å². The third kappa shape index (κ3) is 5.42. The number of nitrogens with zero attached hydrogens (tertiary/aromatic N) is 1. The predicted molar refractivity (Wildman–Crippen MR) is 156 cm³/mol. The Morgan fingerprint density at radius 1 is 0.694 bits per heavy atom. The van der Waals surface area contributed by atoms with Crippen LogP contribution in [0.1, 0.15) is 35.6 Å². The van der Waals surface area contributed by atoms with Crippen LogP contribution in [0.4, 0.5) is 17.1 Å². The summed E-state index contributed by atoms with van der Waals surface area (Å²) in [6.07, 6.45) is 10.4. The first-order chi connectivity index (χ1) is 17.6. The van der Waals surface area contributed by atoms with Crippen LogP contribution in [0.25, 0.3) is 11.6 Å². The highest BCUT2D eigenvalue weighted by atomic mass is 15.1. The van der Waals surface area contributed by atoms with E-state index in [-0.39, 0.29) is 0 Å². The summed E-state index contributed by atoms with van der Waals surface area (Å²) in [7, 11) is 0. The Morgan fingerprint density at radius 3 is 1.72 bits per heavy atom. The number of anilines is 3. The Bertz CT molecular complexity index is 1340. The Morgan fingerprint density at radius 2 is 1.22 bits per heavy atom. The van der Waals surface area contributed by atoms with Crippen LogP contribution >= 0.6 is 0 Å². The second-order valence-electron chi connectivity index (χ2n) is 9.75. The molecular formula is C35H33N. The molecule has 0 spiro atoms. The SMILES string of the molecule is Cc1ccc(N(c2ccc(C)cc2)c2ccc(/C=C(\C3=CCC(C)C=C3)c3ccccc3)cc2)cc1. The zero-order valence-electron chi connectivity index (χ0n) is 21.4. The maximum absolute atomic E-state index is 2.37. The molecule has 0 heterocycles. The molecule has 1 unspecified atom stereocenters. The van der Waals surface area contributed by atoms with E-state index in [1.54, 1.807) is 0 Å². The minimum absolute atomic E-state index is 0.597. The molecule has 4 aromatic rings. The summed E-state index contributed by atoms with van der Waals surface area (Å²) in [6.45, 7) is 6.52. The molecule has 178 valence electrons. The van der Waals surface area contributed by atoms with E-state index in [4.69, 9.17) is 0 Å². The van der Waals surface area contributed by atoms with Gasteiger partial charge in [0.15, 0.2) is 0 Å². The normalized spacial score (nSPS) is 15.5. The van der Waals surface area contributed by atoms with Crippen LogP contribution in [0.15, 0.2) is 127 Å². The number of aryl methyl sites for hydroxylation is 2. The van der Waals surface area contributed by atoms with Crippen molar-refractivity contribution in [3.05, 3.63) is 149 Å². The minimum Gasteiger partial charge on any atom is -0.311 e. The summed E-state index contributed by atoms with van der Waals surface area (Å²) >= 11 is 0. The van der Waals surface area contributed by atoms with Gasteiger partial charge in [-0.1, -0.05) is 103 Å². The van der Waals surface area contributed by atoms with Crippen LogP contribution in [-0.2, 0) is 0 Å². The first kappa shape index (κ1) is 23.6. The zero-order valence-corrected chi connectivity index (χ0v) is 21.4. The molecule has 1 heteroatoms. The number of benzene rings is 4. The highest BCUT2D eigenvalue weighted by Gasteiger charge is 2.13. The van der Waals surface area contributed by atoms with Crippen molar-refractivity contribution >= 4 is 28.7 Å². The molecule has 36 heavy (non-hydrogen) atoms. The summed E-state index contributed by atoms with van der Waals surface area (Å²) in [4.78, 5) is 2.32. The van der Waals surface area contributed by atoms with Crippen molar-refractivity contribution in [2.24, 2.45) is 5.92 Å². The minimum atomic E-state index is 0.597. The maximum atomic E-state index is 2.37. The standard InChI is InChI=1S/C35H33N/c1-26-9-17-31(18-10-26)35(30-7-5-4-6-8-30)25-29-15-23-34(24-16-29)36(32-19-11-27(2)12-20-32)33-21-13-28(3)14-22-33/h4-9,11-26H,10H2,1-3H3/b35-25-. The van der Waals surface area contributed by atoms with E-state index in [0.717, 1.165) is 23.5 Å². The van der Waals surface area contributed by atoms with Gasteiger partial charge in [-0.15, -0.1) is 0 Å². The highest BCUT2D eigenvalue weighted by Crippen LogP contribution is 2.36. The molecule has 0 saturated carbocycles. The van der Waals surface area contributed by atoms with Crippen LogP contribution in [-0.4, -0.2) is 0 Å². The predicted octanol–water partition coefficient (Wildman–Crippen LogP) is 9.84. The molecule has 4 aromatic carbocycles. The average Bonchev–Trinajstić information content (AvgIpc) is 2.91. The second-order valence-corrected chi connectivity index (χ2v) is 9.75. The summed E-state index contributed by atoms with van der Waals surface area (Å²) in [5.74, 6) is 0.597. The zero-order chi connectivity index (χ0) is 24.9. The average molecular weight is 468 g/mol. The Balaban J connectivity index is 1.53. The molecule has 1 aliphatic rings. The third-order valence-corrected chi connectivity index (χ3v) is 6.76. The summed E-state index contributed by atoms with van der Waals surface area (Å²) in [5, 5.41) is 0. The smallest absolute Gasteiger partial charge is 0.0462 e. The van der Waals surface area contributed by atoms with E-state index in [9.17, 15) is 0 Å². The first-order valence-electron chi connectivity index (χ1n) is 12.8. The third-order valence-electron chi connectivity index (χ3n) is 6.76. The van der Waals surface area contributed by atoms with Gasteiger partial charge >= 0.3 is 0 Å². The van der Waals surface area contributed by atoms with Crippen molar-refractivity contribution < 1.29 is 0 Å². The molecule has 1 aliphatic carbocycles. The number of hydrogen-bond donors (Lipinski definition) is 0. The fraction of sp³-hybridized carbons (Fsp3) is 0.143. The molecule has 0 aromatic heterocycles. The van der Waals surface area contributed by atoms with Crippen LogP contribution in [0.2, 0.25) is 0 Å². The first-order valence-corrected chi connectivity index (χ1v) is 12.8. The lowest BCUT2D eigenvalue weighted by atomic mass is 9.89. The van der Waals surface area contributed by atoms with E-state index in [1.165, 1.54) is 33.4 Å². The second kappa shape index (κ2) is 10.7. The van der Waals surface area contributed by atoms with Gasteiger partial charge in [0.05, 0.1) is 0 Å². The lowest BCUT2D eigenvalue weighted by Crippen LogP contribution is -2.09. The highest BCUT2D eigenvalue weighted by molar-refractivity contribution is 5.93. The van der Waals surface area contributed by atoms with Gasteiger partial charge in [-0.2, -0.15) is 0 Å². The lowest BCUT2D eigenvalue weighted by Gasteiger charge is -2.26. The van der Waals surface area contributed by atoms with Crippen molar-refractivity contribution in [3.63, 3.8) is 0 Å². The van der Waals surface area contributed by atoms with E-state index in [2.05, 4.69) is 153 Å². The summed E-state index contributed by atoms with van der Waals surface area (Å²) in [5.41, 5.74) is 11.0. The molecule has 5 rings (SSSR count). The van der Waals surface area contributed by atoms with Crippen molar-refractivity contribution in [1.82, 2.24) is 0 Å². The van der Waals surface area contributed by atoms with Crippen molar-refractivity contribution in [1.29, 1.82) is 0 Å². The molecule has 0 saturated heterocycles. The van der Waals surface area contributed by atoms with Gasteiger partial charge in [0, 0.05) is 17.1 Å². The van der Waals surface area contributed by atoms with Gasteiger partial charge in [0.25, 0.3) is 0 Å². The van der Waals surface area contributed by atoms with Crippen LogP contribution in [0.3, 0.4) is 0 Å². The molecule has 0 fully saturated rings. The van der Waals surface area contributed by atoms with Gasteiger partial charge in [-0.25, -0.2) is 0 Å². The van der Waals surface area contributed by atoms with Crippen molar-refractivity contribution in [2.75, 3.05) is 4.90 Å². The Labute approximate surface area is 215 Å². The van der Waals surface area contributed by atoms with E-state index < -0.39 is 0 Å². The molecule has 0 bridgehead atoms. The van der Waals surface area contributed by atoms with Gasteiger partial charge in [-0.05, 0) is 90.9 Å². The molecule has 1 atom stereocenters. The Kier molecular flexibility index (Phi) is 7.00. The molecule has 1 nitrogen and oxygen atoms in total. The van der Waals surface area contributed by atoms with Gasteiger partial charge in [0.2, 0.25) is 0 Å². The molecule has 0 amide bonds. The largest absolute Gasteiger partial charge is 0.311 e. The molecular weight excluding hydrogens is 434 g/mol. The van der Waals surface area contributed by atoms with E-state index >= 15 is 0 Å². The monoisotopic (exact) mass is 467 g/mol. The van der Waals surface area contributed by atoms with Gasteiger partial charge in [0.1, 0.15) is 0 Å².